The Bertz CT molecular complexity index is 753. The van der Waals surface area contributed by atoms with E-state index in [0.29, 0.717) is 24.3 Å². The van der Waals surface area contributed by atoms with Gasteiger partial charge in [-0.1, -0.05) is 3.89 Å². The predicted octanol–water partition coefficient (Wildman–Crippen LogP) is 1.95. The number of hydrogen-bond acceptors (Lipinski definition) is 7. The lowest BCUT2D eigenvalue weighted by atomic mass is 10.0. The third-order valence-corrected chi connectivity index (χ3v) is 4.02. The lowest BCUT2D eigenvalue weighted by Crippen LogP contribution is -2.44. The Kier molecular flexibility index (Phi) is 5.58. The third-order valence-electron chi connectivity index (χ3n) is 3.63. The molecule has 1 saturated heterocycles. The van der Waals surface area contributed by atoms with E-state index in [-0.39, 0.29) is 11.3 Å². The fourth-order valence-corrected chi connectivity index (χ4v) is 2.94. The molecule has 1 aliphatic rings. The average molecular weight is 374 g/mol. The first-order chi connectivity index (χ1) is 11.5. The normalized spacial score (nSPS) is 15.8. The minimum atomic E-state index is -5.20. The van der Waals surface area contributed by atoms with Crippen LogP contribution in [0.2, 0.25) is 0 Å². The Hall–Kier alpha value is -1.87. The number of ether oxygens (including phenoxy) is 1. The molecule has 0 aromatic heterocycles. The molecule has 1 heterocycles. The standard InChI is InChI=1S/C16H23FN2O5S/c1-11-13(15(20)23-16(2,3)4)9-12(24-25(17,21)22)10-14(11)19-7-5-18-6-8-19/h9-10,18H,5-8H2,1-4H3. The van der Waals surface area contributed by atoms with Gasteiger partial charge in [-0.2, -0.15) is 8.42 Å². The molecule has 1 aliphatic heterocycles. The molecular formula is C16H23FN2O5S. The zero-order valence-electron chi connectivity index (χ0n) is 14.8. The summed E-state index contributed by atoms with van der Waals surface area (Å²) in [5, 5.41) is 3.20. The van der Waals surface area contributed by atoms with E-state index in [9.17, 15) is 17.1 Å². The van der Waals surface area contributed by atoms with E-state index in [4.69, 9.17) is 4.74 Å². The molecule has 2 rings (SSSR count). The van der Waals surface area contributed by atoms with E-state index < -0.39 is 22.1 Å². The molecule has 0 radical (unpaired) electrons. The Morgan fingerprint density at radius 2 is 1.84 bits per heavy atom. The number of esters is 1. The first-order valence-corrected chi connectivity index (χ1v) is 9.25. The summed E-state index contributed by atoms with van der Waals surface area (Å²) in [6.45, 7) is 9.74. The number of carbonyl (C=O) groups is 1. The molecule has 1 aromatic carbocycles. The molecule has 9 heteroatoms. The van der Waals surface area contributed by atoms with Crippen molar-refractivity contribution in [2.24, 2.45) is 0 Å². The molecule has 7 nitrogen and oxygen atoms in total. The molecule has 1 aromatic rings. The largest absolute Gasteiger partial charge is 0.488 e. The Balaban J connectivity index is 2.49. The van der Waals surface area contributed by atoms with Gasteiger partial charge in [-0.25, -0.2) is 4.79 Å². The van der Waals surface area contributed by atoms with E-state index in [1.807, 2.05) is 4.90 Å². The van der Waals surface area contributed by atoms with Gasteiger partial charge in [0.05, 0.1) is 5.56 Å². The smallest absolute Gasteiger partial charge is 0.456 e. The van der Waals surface area contributed by atoms with Crippen LogP contribution in [0.5, 0.6) is 5.75 Å². The highest BCUT2D eigenvalue weighted by Crippen LogP contribution is 2.31. The maximum absolute atomic E-state index is 13.0. The summed E-state index contributed by atoms with van der Waals surface area (Å²) < 4.78 is 44.4. The van der Waals surface area contributed by atoms with Gasteiger partial charge in [0.2, 0.25) is 0 Å². The van der Waals surface area contributed by atoms with Gasteiger partial charge >= 0.3 is 16.5 Å². The summed E-state index contributed by atoms with van der Waals surface area (Å²) >= 11 is 0. The minimum Gasteiger partial charge on any atom is -0.456 e. The fourth-order valence-electron chi connectivity index (χ4n) is 2.62. The van der Waals surface area contributed by atoms with Crippen LogP contribution >= 0.6 is 0 Å². The summed E-state index contributed by atoms with van der Waals surface area (Å²) in [6.07, 6.45) is 0. The van der Waals surface area contributed by atoms with Crippen molar-refractivity contribution in [3.05, 3.63) is 23.3 Å². The number of carbonyl (C=O) groups excluding carboxylic acids is 1. The predicted molar refractivity (Wildman–Crippen MR) is 92.1 cm³/mol. The number of rotatable bonds is 4. The molecule has 25 heavy (non-hydrogen) atoms. The van der Waals surface area contributed by atoms with Gasteiger partial charge in [0.1, 0.15) is 11.4 Å². The first-order valence-electron chi connectivity index (χ1n) is 7.94. The summed E-state index contributed by atoms with van der Waals surface area (Å²) in [5.41, 5.74) is 0.662. The second kappa shape index (κ2) is 7.17. The highest BCUT2D eigenvalue weighted by Gasteiger charge is 2.25. The second-order valence-electron chi connectivity index (χ2n) is 6.83. The van der Waals surface area contributed by atoms with Crippen molar-refractivity contribution in [2.45, 2.75) is 33.3 Å². The van der Waals surface area contributed by atoms with Crippen LogP contribution in [0.1, 0.15) is 36.7 Å². The highest BCUT2D eigenvalue weighted by atomic mass is 32.3. The minimum absolute atomic E-state index is 0.143. The van der Waals surface area contributed by atoms with Crippen LogP contribution < -0.4 is 14.4 Å². The van der Waals surface area contributed by atoms with Crippen LogP contribution in [-0.2, 0) is 15.2 Å². The maximum atomic E-state index is 13.0. The Morgan fingerprint density at radius 3 is 2.36 bits per heavy atom. The van der Waals surface area contributed by atoms with Crippen LogP contribution in [0.25, 0.3) is 0 Å². The molecule has 0 atom stereocenters. The van der Waals surface area contributed by atoms with E-state index in [1.165, 1.54) is 12.1 Å². The number of nitrogens with one attached hydrogen (secondary N) is 1. The first kappa shape index (κ1) is 19.5. The fraction of sp³-hybridized carbons (Fsp3) is 0.562. The third kappa shape index (κ3) is 5.57. The van der Waals surface area contributed by atoms with E-state index in [1.54, 1.807) is 27.7 Å². The Morgan fingerprint density at radius 1 is 1.24 bits per heavy atom. The topological polar surface area (TPSA) is 84.9 Å². The molecule has 0 amide bonds. The monoisotopic (exact) mass is 374 g/mol. The van der Waals surface area contributed by atoms with Crippen LogP contribution in [-0.4, -0.2) is 46.2 Å². The maximum Gasteiger partial charge on any atom is 0.488 e. The van der Waals surface area contributed by atoms with Crippen molar-refractivity contribution in [2.75, 3.05) is 31.1 Å². The lowest BCUT2D eigenvalue weighted by Gasteiger charge is -2.31. The number of hydrogen-bond donors (Lipinski definition) is 1. The van der Waals surface area contributed by atoms with Crippen LogP contribution in [0, 0.1) is 6.92 Å². The molecule has 140 valence electrons. The van der Waals surface area contributed by atoms with Gasteiger partial charge in [0.15, 0.2) is 0 Å². The van der Waals surface area contributed by atoms with E-state index >= 15 is 0 Å². The molecule has 0 saturated carbocycles. The van der Waals surface area contributed by atoms with Crippen molar-refractivity contribution >= 4 is 22.2 Å². The molecule has 0 aliphatic carbocycles. The number of benzene rings is 1. The quantitative estimate of drug-likeness (QED) is 0.637. The summed E-state index contributed by atoms with van der Waals surface area (Å²) in [6, 6.07) is 2.61. The number of anilines is 1. The van der Waals surface area contributed by atoms with E-state index in [2.05, 4.69) is 9.50 Å². The van der Waals surface area contributed by atoms with Gasteiger partial charge in [-0.05, 0) is 39.3 Å². The summed E-state index contributed by atoms with van der Waals surface area (Å²) in [4.78, 5) is 14.5. The van der Waals surface area contributed by atoms with Crippen molar-refractivity contribution in [3.8, 4) is 5.75 Å². The number of nitrogens with zero attached hydrogens (tertiary/aromatic N) is 1. The number of piperazine rings is 1. The molecule has 0 bridgehead atoms. The van der Waals surface area contributed by atoms with Gasteiger partial charge < -0.3 is 19.1 Å². The highest BCUT2D eigenvalue weighted by molar-refractivity contribution is 7.81. The number of halogens is 1. The van der Waals surface area contributed by atoms with Gasteiger partial charge in [0, 0.05) is 37.9 Å². The van der Waals surface area contributed by atoms with Crippen molar-refractivity contribution in [3.63, 3.8) is 0 Å². The van der Waals surface area contributed by atoms with Crippen molar-refractivity contribution in [1.82, 2.24) is 5.32 Å². The molecular weight excluding hydrogens is 351 g/mol. The average Bonchev–Trinajstić information content (AvgIpc) is 2.46. The summed E-state index contributed by atoms with van der Waals surface area (Å²) in [5.74, 6) is -0.884. The lowest BCUT2D eigenvalue weighted by molar-refractivity contribution is 0.00684. The van der Waals surface area contributed by atoms with Crippen molar-refractivity contribution < 1.29 is 26.0 Å². The Labute approximate surface area is 147 Å². The molecule has 0 spiro atoms. The zero-order valence-corrected chi connectivity index (χ0v) is 15.6. The molecule has 1 N–H and O–H groups in total. The van der Waals surface area contributed by atoms with Crippen LogP contribution in [0.3, 0.4) is 0 Å². The van der Waals surface area contributed by atoms with Crippen LogP contribution in [0.4, 0.5) is 9.57 Å². The van der Waals surface area contributed by atoms with Gasteiger partial charge in [0.25, 0.3) is 0 Å². The zero-order chi connectivity index (χ0) is 18.8. The summed E-state index contributed by atoms with van der Waals surface area (Å²) in [7, 11) is -5.20. The second-order valence-corrected chi connectivity index (χ2v) is 7.78. The van der Waals surface area contributed by atoms with Gasteiger partial charge in [-0.3, -0.25) is 0 Å². The van der Waals surface area contributed by atoms with Crippen LogP contribution in [0.15, 0.2) is 12.1 Å². The van der Waals surface area contributed by atoms with Crippen molar-refractivity contribution in [1.29, 1.82) is 0 Å². The SMILES string of the molecule is Cc1c(C(=O)OC(C)(C)C)cc(OS(=O)(=O)F)cc1N1CCNCC1. The molecule has 0 unspecified atom stereocenters. The van der Waals surface area contributed by atoms with Gasteiger partial charge in [-0.15, -0.1) is 0 Å². The van der Waals surface area contributed by atoms with E-state index in [0.717, 1.165) is 13.1 Å². The molecule has 1 fully saturated rings.